The van der Waals surface area contributed by atoms with Crippen molar-refractivity contribution < 1.29 is 14.3 Å². The number of fused-ring (bicyclic) bond motifs is 1. The van der Waals surface area contributed by atoms with Gasteiger partial charge in [0.25, 0.3) is 5.56 Å². The zero-order chi connectivity index (χ0) is 21.3. The highest BCUT2D eigenvalue weighted by Crippen LogP contribution is 2.18. The average Bonchev–Trinajstić information content (AvgIpc) is 3.49. The van der Waals surface area contributed by atoms with Crippen LogP contribution in [0.1, 0.15) is 19.3 Å². The van der Waals surface area contributed by atoms with E-state index in [2.05, 4.69) is 15.6 Å². The molecule has 0 bridgehead atoms. The van der Waals surface area contributed by atoms with Gasteiger partial charge < -0.3 is 20.1 Å². The first kappa shape index (κ1) is 20.6. The highest BCUT2D eigenvalue weighted by Gasteiger charge is 2.23. The zero-order valence-electron chi connectivity index (χ0n) is 17.3. The van der Waals surface area contributed by atoms with Gasteiger partial charge in [-0.2, -0.15) is 4.98 Å². The lowest BCUT2D eigenvalue weighted by atomic mass is 10.1. The van der Waals surface area contributed by atoms with Gasteiger partial charge in [-0.25, -0.2) is 4.79 Å². The van der Waals surface area contributed by atoms with Crippen LogP contribution >= 0.6 is 0 Å². The van der Waals surface area contributed by atoms with Gasteiger partial charge in [-0.05, 0) is 19.3 Å². The van der Waals surface area contributed by atoms with Crippen LogP contribution in [0.3, 0.4) is 0 Å². The fraction of sp³-hybridized carbons (Fsp3) is 0.684. The number of ether oxygens (including phenoxy) is 2. The Hall–Kier alpha value is -2.66. The minimum absolute atomic E-state index is 0.0298. The molecule has 2 aliphatic heterocycles. The van der Waals surface area contributed by atoms with Crippen LogP contribution in [0.4, 0.5) is 5.95 Å². The number of amides is 1. The Balaban J connectivity index is 1.63. The molecule has 2 aliphatic rings. The Morgan fingerprint density at radius 3 is 2.70 bits per heavy atom. The molecular formula is C19H28N6O5. The predicted octanol–water partition coefficient (Wildman–Crippen LogP) is -0.823. The summed E-state index contributed by atoms with van der Waals surface area (Å²) in [6.07, 6.45) is 2.89. The van der Waals surface area contributed by atoms with Gasteiger partial charge in [-0.3, -0.25) is 23.3 Å². The van der Waals surface area contributed by atoms with E-state index in [9.17, 15) is 14.4 Å². The maximum absolute atomic E-state index is 12.8. The standard InChI is InChI=1S/C19H28N6O5/c1-23-16-15(17(27)24(2)19(23)28)25(10-14(26)20-9-13-4-3-6-30-13)18(22-16)21-8-12-5-7-29-11-12/h12-13H,3-11H2,1-2H3,(H,20,26)(H,21,22)/t12-,13-/m0/s1. The van der Waals surface area contributed by atoms with Crippen LogP contribution in [0, 0.1) is 5.92 Å². The first-order chi connectivity index (χ1) is 14.5. The van der Waals surface area contributed by atoms with Crippen molar-refractivity contribution >= 4 is 23.0 Å². The second-order valence-corrected chi connectivity index (χ2v) is 7.95. The topological polar surface area (TPSA) is 121 Å². The van der Waals surface area contributed by atoms with Crippen LogP contribution in [-0.4, -0.2) is 63.6 Å². The number of aryl methyl sites for hydroxylation is 1. The van der Waals surface area contributed by atoms with Crippen LogP contribution in [0.5, 0.6) is 0 Å². The summed E-state index contributed by atoms with van der Waals surface area (Å²) in [6, 6.07) is 0. The van der Waals surface area contributed by atoms with Crippen molar-refractivity contribution in [3.63, 3.8) is 0 Å². The Morgan fingerprint density at radius 2 is 2.00 bits per heavy atom. The van der Waals surface area contributed by atoms with Gasteiger partial charge in [-0.1, -0.05) is 0 Å². The molecule has 0 saturated carbocycles. The normalized spacial score (nSPS) is 21.4. The number of anilines is 1. The monoisotopic (exact) mass is 420 g/mol. The Morgan fingerprint density at radius 1 is 1.17 bits per heavy atom. The maximum atomic E-state index is 12.8. The second kappa shape index (κ2) is 8.60. The van der Waals surface area contributed by atoms with Gasteiger partial charge in [0.2, 0.25) is 11.9 Å². The van der Waals surface area contributed by atoms with Crippen molar-refractivity contribution in [2.75, 3.05) is 38.2 Å². The predicted molar refractivity (Wildman–Crippen MR) is 110 cm³/mol. The van der Waals surface area contributed by atoms with Crippen molar-refractivity contribution in [2.45, 2.75) is 31.9 Å². The molecule has 4 heterocycles. The van der Waals surface area contributed by atoms with E-state index in [0.717, 1.165) is 37.0 Å². The third kappa shape index (κ3) is 3.99. The Kier molecular flexibility index (Phi) is 5.91. The highest BCUT2D eigenvalue weighted by atomic mass is 16.5. The van der Waals surface area contributed by atoms with Crippen molar-refractivity contribution in [1.82, 2.24) is 24.0 Å². The molecule has 0 aromatic carbocycles. The van der Waals surface area contributed by atoms with Gasteiger partial charge in [-0.15, -0.1) is 0 Å². The van der Waals surface area contributed by atoms with E-state index in [1.54, 1.807) is 11.6 Å². The number of imidazole rings is 1. The first-order valence-corrected chi connectivity index (χ1v) is 10.3. The molecule has 2 aromatic rings. The molecule has 4 rings (SSSR count). The molecule has 0 spiro atoms. The molecule has 11 nitrogen and oxygen atoms in total. The molecule has 2 N–H and O–H groups in total. The molecular weight excluding hydrogens is 392 g/mol. The lowest BCUT2D eigenvalue weighted by Crippen LogP contribution is -2.38. The molecule has 0 unspecified atom stereocenters. The summed E-state index contributed by atoms with van der Waals surface area (Å²) < 4.78 is 14.9. The van der Waals surface area contributed by atoms with Crippen LogP contribution < -0.4 is 21.9 Å². The SMILES string of the molecule is Cn1c(=O)c2c(nc(NC[C@@H]3CCOC3)n2CC(=O)NC[C@@H]2CCCO2)n(C)c1=O. The third-order valence-corrected chi connectivity index (χ3v) is 5.77. The van der Waals surface area contributed by atoms with Crippen molar-refractivity contribution in [3.05, 3.63) is 20.8 Å². The largest absolute Gasteiger partial charge is 0.381 e. The summed E-state index contributed by atoms with van der Waals surface area (Å²) in [5.41, 5.74) is -0.474. The molecule has 30 heavy (non-hydrogen) atoms. The third-order valence-electron chi connectivity index (χ3n) is 5.77. The molecule has 0 aliphatic carbocycles. The number of nitrogens with zero attached hydrogens (tertiary/aromatic N) is 4. The fourth-order valence-electron chi connectivity index (χ4n) is 3.95. The maximum Gasteiger partial charge on any atom is 0.332 e. The molecule has 2 aromatic heterocycles. The summed E-state index contributed by atoms with van der Waals surface area (Å²) in [5, 5.41) is 6.12. The summed E-state index contributed by atoms with van der Waals surface area (Å²) in [4.78, 5) is 42.3. The molecule has 0 radical (unpaired) electrons. The van der Waals surface area contributed by atoms with E-state index in [1.165, 1.54) is 11.6 Å². The minimum Gasteiger partial charge on any atom is -0.381 e. The van der Waals surface area contributed by atoms with Gasteiger partial charge in [0.1, 0.15) is 6.54 Å². The van der Waals surface area contributed by atoms with Crippen molar-refractivity contribution in [3.8, 4) is 0 Å². The van der Waals surface area contributed by atoms with Gasteiger partial charge in [0.05, 0.1) is 12.7 Å². The van der Waals surface area contributed by atoms with Crippen LogP contribution in [0.15, 0.2) is 9.59 Å². The van der Waals surface area contributed by atoms with Crippen LogP contribution in [0.2, 0.25) is 0 Å². The quantitative estimate of drug-likeness (QED) is 0.600. The number of hydrogen-bond donors (Lipinski definition) is 2. The molecule has 2 saturated heterocycles. The smallest absolute Gasteiger partial charge is 0.332 e. The van der Waals surface area contributed by atoms with E-state index in [1.807, 2.05) is 0 Å². The summed E-state index contributed by atoms with van der Waals surface area (Å²) >= 11 is 0. The zero-order valence-corrected chi connectivity index (χ0v) is 17.3. The lowest BCUT2D eigenvalue weighted by molar-refractivity contribution is -0.122. The average molecular weight is 420 g/mol. The van der Waals surface area contributed by atoms with E-state index in [-0.39, 0.29) is 29.7 Å². The number of nitrogens with one attached hydrogen (secondary N) is 2. The van der Waals surface area contributed by atoms with Crippen LogP contribution in [0.25, 0.3) is 11.2 Å². The van der Waals surface area contributed by atoms with E-state index >= 15 is 0 Å². The molecule has 1 amide bonds. The summed E-state index contributed by atoms with van der Waals surface area (Å²) in [5.74, 6) is 0.480. The van der Waals surface area contributed by atoms with Gasteiger partial charge in [0.15, 0.2) is 11.2 Å². The molecule has 2 atom stereocenters. The molecule has 11 heteroatoms. The highest BCUT2D eigenvalue weighted by molar-refractivity contribution is 5.81. The lowest BCUT2D eigenvalue weighted by Gasteiger charge is -2.14. The van der Waals surface area contributed by atoms with Crippen LogP contribution in [-0.2, 0) is 34.9 Å². The molecule has 164 valence electrons. The van der Waals surface area contributed by atoms with E-state index in [4.69, 9.17) is 9.47 Å². The number of aromatic nitrogens is 4. The minimum atomic E-state index is -0.482. The summed E-state index contributed by atoms with van der Waals surface area (Å²) in [6.45, 7) is 3.06. The van der Waals surface area contributed by atoms with Crippen molar-refractivity contribution in [1.29, 1.82) is 0 Å². The van der Waals surface area contributed by atoms with Gasteiger partial charge >= 0.3 is 5.69 Å². The Bertz CT molecular complexity index is 1040. The van der Waals surface area contributed by atoms with Gasteiger partial charge in [0, 0.05) is 46.3 Å². The number of carbonyl (C=O) groups excluding carboxylic acids is 1. The molecule has 2 fully saturated rings. The van der Waals surface area contributed by atoms with E-state index < -0.39 is 11.2 Å². The first-order valence-electron chi connectivity index (χ1n) is 10.3. The number of carbonyl (C=O) groups is 1. The summed E-state index contributed by atoms with van der Waals surface area (Å²) in [7, 11) is 2.98. The fourth-order valence-corrected chi connectivity index (χ4v) is 3.95. The van der Waals surface area contributed by atoms with E-state index in [0.29, 0.717) is 31.6 Å². The number of rotatable bonds is 7. The number of hydrogen-bond acceptors (Lipinski definition) is 7. The second-order valence-electron chi connectivity index (χ2n) is 7.95. The Labute approximate surface area is 173 Å². The van der Waals surface area contributed by atoms with Crippen molar-refractivity contribution in [2.24, 2.45) is 20.0 Å².